The number of aliphatic carboxylic acids is 1. The summed E-state index contributed by atoms with van der Waals surface area (Å²) in [5, 5.41) is 35.9. The number of hydrogen-bond donors (Lipinski definition) is 3. The van der Waals surface area contributed by atoms with Gasteiger partial charge in [-0.15, -0.1) is 0 Å². The molecule has 4 aromatic rings. The molecule has 2 unspecified atom stereocenters. The molecule has 34 heavy (non-hydrogen) atoms. The van der Waals surface area contributed by atoms with E-state index in [-0.39, 0.29) is 18.2 Å². The third kappa shape index (κ3) is 4.71. The quantitative estimate of drug-likeness (QED) is 0.342. The summed E-state index contributed by atoms with van der Waals surface area (Å²) in [4.78, 5) is 10.8. The molecule has 0 aliphatic rings. The molecule has 0 radical (unpaired) electrons. The van der Waals surface area contributed by atoms with Crippen molar-refractivity contribution in [2.75, 3.05) is 0 Å². The van der Waals surface area contributed by atoms with Crippen molar-refractivity contribution in [3.63, 3.8) is 0 Å². The van der Waals surface area contributed by atoms with E-state index in [0.717, 1.165) is 38.7 Å². The Balaban J connectivity index is 1.93. The average molecular weight is 463 g/mol. The minimum absolute atomic E-state index is 0.0738. The van der Waals surface area contributed by atoms with Crippen LogP contribution in [0.15, 0.2) is 60.8 Å². The Bertz CT molecular complexity index is 1360. The fourth-order valence-corrected chi connectivity index (χ4v) is 4.39. The highest BCUT2D eigenvalue weighted by Crippen LogP contribution is 2.40. The van der Waals surface area contributed by atoms with E-state index in [2.05, 4.69) is 13.8 Å². The van der Waals surface area contributed by atoms with E-state index in [1.165, 1.54) is 12.1 Å². The van der Waals surface area contributed by atoms with Crippen LogP contribution in [0.25, 0.3) is 33.5 Å². The summed E-state index contributed by atoms with van der Waals surface area (Å²) < 4.78 is 15.6. The van der Waals surface area contributed by atoms with E-state index < -0.39 is 24.6 Å². The lowest BCUT2D eigenvalue weighted by molar-refractivity contribution is -0.139. The maximum absolute atomic E-state index is 13.7. The first-order valence-corrected chi connectivity index (χ1v) is 11.2. The van der Waals surface area contributed by atoms with E-state index in [0.29, 0.717) is 0 Å². The normalized spacial score (nSPS) is 13.8. The topological polar surface area (TPSA) is 95.1 Å². The van der Waals surface area contributed by atoms with Gasteiger partial charge in [0.25, 0.3) is 0 Å². The lowest BCUT2D eigenvalue weighted by Gasteiger charge is -2.12. The van der Waals surface area contributed by atoms with Gasteiger partial charge < -0.3 is 15.3 Å². The molecule has 0 bridgehead atoms. The fraction of sp³-hybridized carbons (Fsp3) is 0.259. The SMILES string of the molecule is CC(C)c1c(C=CC(O)CC(O)CC(=O)O)c(-c2ccc(F)cc2)c2c3ccccc3cnn12. The Labute approximate surface area is 196 Å². The van der Waals surface area contributed by atoms with Crippen molar-refractivity contribution in [3.8, 4) is 11.1 Å². The lowest BCUT2D eigenvalue weighted by Crippen LogP contribution is -2.19. The Morgan fingerprint density at radius 2 is 1.82 bits per heavy atom. The van der Waals surface area contributed by atoms with Gasteiger partial charge in [0.2, 0.25) is 0 Å². The number of benzene rings is 2. The monoisotopic (exact) mass is 462 g/mol. The van der Waals surface area contributed by atoms with Gasteiger partial charge in [-0.3, -0.25) is 4.79 Å². The first-order chi connectivity index (χ1) is 16.3. The molecule has 0 amide bonds. The first kappa shape index (κ1) is 23.6. The second kappa shape index (κ2) is 9.75. The number of hydrogen-bond acceptors (Lipinski definition) is 4. The lowest BCUT2D eigenvalue weighted by atomic mass is 9.95. The van der Waals surface area contributed by atoms with E-state index in [4.69, 9.17) is 10.2 Å². The summed E-state index contributed by atoms with van der Waals surface area (Å²) in [5.74, 6) is -1.38. The molecule has 6 nitrogen and oxygen atoms in total. The second-order valence-corrected chi connectivity index (χ2v) is 8.74. The van der Waals surface area contributed by atoms with Gasteiger partial charge in [-0.2, -0.15) is 5.10 Å². The zero-order chi connectivity index (χ0) is 24.4. The molecule has 7 heteroatoms. The Morgan fingerprint density at radius 3 is 2.50 bits per heavy atom. The molecule has 176 valence electrons. The molecule has 2 heterocycles. The summed E-state index contributed by atoms with van der Waals surface area (Å²) in [5.41, 5.74) is 4.31. The minimum Gasteiger partial charge on any atom is -0.481 e. The van der Waals surface area contributed by atoms with Gasteiger partial charge in [-0.1, -0.05) is 62.4 Å². The predicted molar refractivity (Wildman–Crippen MR) is 130 cm³/mol. The highest BCUT2D eigenvalue weighted by molar-refractivity contribution is 6.06. The van der Waals surface area contributed by atoms with Gasteiger partial charge in [-0.05, 0) is 23.6 Å². The maximum atomic E-state index is 13.7. The highest BCUT2D eigenvalue weighted by Gasteiger charge is 2.23. The van der Waals surface area contributed by atoms with Crippen molar-refractivity contribution >= 4 is 28.3 Å². The fourth-order valence-electron chi connectivity index (χ4n) is 4.39. The number of aliphatic hydroxyl groups excluding tert-OH is 2. The van der Waals surface area contributed by atoms with Crippen LogP contribution >= 0.6 is 0 Å². The van der Waals surface area contributed by atoms with Gasteiger partial charge in [0.05, 0.1) is 36.0 Å². The standard InChI is InChI=1S/C27H27FN2O4/c1-16(2)26-23(12-11-20(31)13-21(32)14-24(33)34)25(17-7-9-19(28)10-8-17)27-22-6-4-3-5-18(22)15-29-30(26)27/h3-12,15-16,20-21,31-32H,13-14H2,1-2H3,(H,33,34). The molecule has 2 aromatic carbocycles. The predicted octanol–water partition coefficient (Wildman–Crippen LogP) is 5.02. The Morgan fingerprint density at radius 1 is 1.12 bits per heavy atom. The van der Waals surface area contributed by atoms with E-state index in [9.17, 15) is 19.4 Å². The zero-order valence-electron chi connectivity index (χ0n) is 19.0. The van der Waals surface area contributed by atoms with Crippen molar-refractivity contribution < 1.29 is 24.5 Å². The molecule has 0 aliphatic heterocycles. The molecule has 4 rings (SSSR count). The van der Waals surface area contributed by atoms with Crippen LogP contribution in [0.5, 0.6) is 0 Å². The third-order valence-electron chi connectivity index (χ3n) is 5.84. The number of aromatic nitrogens is 2. The van der Waals surface area contributed by atoms with Crippen molar-refractivity contribution in [1.82, 2.24) is 9.61 Å². The largest absolute Gasteiger partial charge is 0.481 e. The van der Waals surface area contributed by atoms with Crippen LogP contribution < -0.4 is 0 Å². The smallest absolute Gasteiger partial charge is 0.305 e. The number of carboxylic acids is 1. The highest BCUT2D eigenvalue weighted by atomic mass is 19.1. The molecule has 2 atom stereocenters. The summed E-state index contributed by atoms with van der Waals surface area (Å²) in [6.07, 6.45) is 2.43. The summed E-state index contributed by atoms with van der Waals surface area (Å²) >= 11 is 0. The van der Waals surface area contributed by atoms with Crippen LogP contribution in [-0.2, 0) is 4.79 Å². The van der Waals surface area contributed by atoms with Crippen LogP contribution in [0.3, 0.4) is 0 Å². The molecular formula is C27H27FN2O4. The number of halogens is 1. The van der Waals surface area contributed by atoms with Gasteiger partial charge in [-0.25, -0.2) is 8.91 Å². The van der Waals surface area contributed by atoms with Crippen molar-refractivity contribution in [1.29, 1.82) is 0 Å². The average Bonchev–Trinajstić information content (AvgIpc) is 3.12. The molecule has 0 saturated heterocycles. The van der Waals surface area contributed by atoms with E-state index >= 15 is 0 Å². The van der Waals surface area contributed by atoms with Gasteiger partial charge in [0.15, 0.2) is 0 Å². The zero-order valence-corrected chi connectivity index (χ0v) is 19.0. The van der Waals surface area contributed by atoms with Gasteiger partial charge >= 0.3 is 5.97 Å². The molecule has 0 saturated carbocycles. The third-order valence-corrected chi connectivity index (χ3v) is 5.84. The van der Waals surface area contributed by atoms with E-state index in [1.54, 1.807) is 24.3 Å². The number of fused-ring (bicyclic) bond motifs is 3. The number of carboxylic acid groups (broad SMARTS) is 1. The molecule has 0 aliphatic carbocycles. The van der Waals surface area contributed by atoms with Crippen LogP contribution in [-0.4, -0.2) is 43.1 Å². The van der Waals surface area contributed by atoms with Crippen LogP contribution in [0.4, 0.5) is 4.39 Å². The molecule has 0 fully saturated rings. The van der Waals surface area contributed by atoms with Crippen LogP contribution in [0.1, 0.15) is 43.9 Å². The number of carbonyl (C=O) groups is 1. The summed E-state index contributed by atoms with van der Waals surface area (Å²) in [6.45, 7) is 4.11. The van der Waals surface area contributed by atoms with Gasteiger partial charge in [0.1, 0.15) is 5.82 Å². The molecule has 2 aromatic heterocycles. The van der Waals surface area contributed by atoms with Crippen molar-refractivity contribution in [2.45, 2.75) is 44.8 Å². The van der Waals surface area contributed by atoms with Crippen molar-refractivity contribution in [2.24, 2.45) is 0 Å². The second-order valence-electron chi connectivity index (χ2n) is 8.74. The minimum atomic E-state index is -1.16. The van der Waals surface area contributed by atoms with Crippen molar-refractivity contribution in [3.05, 3.63) is 77.9 Å². The number of nitrogens with zero attached hydrogens (tertiary/aromatic N) is 2. The molecule has 0 spiro atoms. The van der Waals surface area contributed by atoms with Crippen LogP contribution in [0.2, 0.25) is 0 Å². The van der Waals surface area contributed by atoms with Gasteiger partial charge in [0, 0.05) is 28.3 Å². The van der Waals surface area contributed by atoms with Crippen LogP contribution in [0, 0.1) is 5.82 Å². The summed E-state index contributed by atoms with van der Waals surface area (Å²) in [6, 6.07) is 14.2. The number of rotatable bonds is 8. The maximum Gasteiger partial charge on any atom is 0.305 e. The Hall–Kier alpha value is -3.55. The first-order valence-electron chi connectivity index (χ1n) is 11.2. The summed E-state index contributed by atoms with van der Waals surface area (Å²) in [7, 11) is 0. The molecule has 3 N–H and O–H groups in total. The van der Waals surface area contributed by atoms with E-state index in [1.807, 2.05) is 35.0 Å². The molecular weight excluding hydrogens is 435 g/mol. The Kier molecular flexibility index (Phi) is 6.77. The number of aliphatic hydroxyl groups is 2.